The summed E-state index contributed by atoms with van der Waals surface area (Å²) in [5, 5.41) is 3.51. The molecule has 1 aromatic carbocycles. The maximum absolute atomic E-state index is 13.7. The molecule has 0 amide bonds. The number of rotatable bonds is 3. The largest absolute Gasteiger partial charge is 0.311 e. The van der Waals surface area contributed by atoms with Gasteiger partial charge in [0.2, 0.25) is 0 Å². The van der Waals surface area contributed by atoms with Crippen molar-refractivity contribution in [1.82, 2.24) is 10.2 Å². The van der Waals surface area contributed by atoms with Gasteiger partial charge in [-0.2, -0.15) is 0 Å². The summed E-state index contributed by atoms with van der Waals surface area (Å²) in [6.45, 7) is 9.34. The predicted molar refractivity (Wildman–Crippen MR) is 72.9 cm³/mol. The lowest BCUT2D eigenvalue weighted by Crippen LogP contribution is -2.56. The molecule has 2 atom stereocenters. The predicted octanol–water partition coefficient (Wildman–Crippen LogP) is 2.64. The molecule has 0 spiro atoms. The molecule has 1 aromatic rings. The van der Waals surface area contributed by atoms with Crippen LogP contribution in [0.1, 0.15) is 26.3 Å². The van der Waals surface area contributed by atoms with Gasteiger partial charge in [-0.25, -0.2) is 4.39 Å². The molecule has 2 unspecified atom stereocenters. The fraction of sp³-hybridized carbons (Fsp3) is 0.600. The minimum absolute atomic E-state index is 0.0915. The fourth-order valence-electron chi connectivity index (χ4n) is 2.69. The lowest BCUT2D eigenvalue weighted by Gasteiger charge is -2.41. The van der Waals surface area contributed by atoms with E-state index in [1.807, 2.05) is 12.1 Å². The minimum Gasteiger partial charge on any atom is -0.311 e. The van der Waals surface area contributed by atoms with Crippen LogP contribution in [0.15, 0.2) is 24.3 Å². The third kappa shape index (κ3) is 3.09. The molecule has 1 N–H and O–H groups in total. The summed E-state index contributed by atoms with van der Waals surface area (Å²) in [7, 11) is 0. The average molecular weight is 250 g/mol. The molecule has 1 fully saturated rings. The van der Waals surface area contributed by atoms with Crippen LogP contribution in [0.3, 0.4) is 0 Å². The summed E-state index contributed by atoms with van der Waals surface area (Å²) in [6, 6.07) is 8.06. The Morgan fingerprint density at radius 3 is 2.78 bits per heavy atom. The first-order valence-corrected chi connectivity index (χ1v) is 6.78. The number of halogens is 1. The number of benzene rings is 1. The highest BCUT2D eigenvalue weighted by atomic mass is 19.1. The second kappa shape index (κ2) is 5.81. The normalized spacial score (nSPS) is 25.6. The lowest BCUT2D eigenvalue weighted by atomic mass is 9.98. The molecule has 18 heavy (non-hydrogen) atoms. The summed E-state index contributed by atoms with van der Waals surface area (Å²) in [5.41, 5.74) is 0.803. The lowest BCUT2D eigenvalue weighted by molar-refractivity contribution is 0.0944. The minimum atomic E-state index is -0.0915. The van der Waals surface area contributed by atoms with Crippen molar-refractivity contribution in [1.29, 1.82) is 0 Å². The van der Waals surface area contributed by atoms with Crippen molar-refractivity contribution in [3.63, 3.8) is 0 Å². The average Bonchev–Trinajstić information content (AvgIpc) is 2.32. The first-order chi connectivity index (χ1) is 8.58. The van der Waals surface area contributed by atoms with Crippen LogP contribution in [0.4, 0.5) is 4.39 Å². The fourth-order valence-corrected chi connectivity index (χ4v) is 2.69. The zero-order valence-corrected chi connectivity index (χ0v) is 11.5. The monoisotopic (exact) mass is 250 g/mol. The van der Waals surface area contributed by atoms with Crippen molar-refractivity contribution in [2.45, 2.75) is 39.4 Å². The van der Waals surface area contributed by atoms with E-state index in [9.17, 15) is 4.39 Å². The SMILES string of the molecule is CC1CN(Cc2ccccc2F)C(C(C)C)CN1. The topological polar surface area (TPSA) is 15.3 Å². The van der Waals surface area contributed by atoms with E-state index in [0.717, 1.165) is 18.7 Å². The molecule has 1 saturated heterocycles. The molecule has 1 aliphatic heterocycles. The Morgan fingerprint density at radius 1 is 1.39 bits per heavy atom. The highest BCUT2D eigenvalue weighted by Crippen LogP contribution is 2.19. The van der Waals surface area contributed by atoms with Crippen LogP contribution >= 0.6 is 0 Å². The molecule has 100 valence electrons. The van der Waals surface area contributed by atoms with Crippen molar-refractivity contribution in [3.05, 3.63) is 35.6 Å². The van der Waals surface area contributed by atoms with Gasteiger partial charge in [0.1, 0.15) is 5.82 Å². The Balaban J connectivity index is 2.11. The van der Waals surface area contributed by atoms with Gasteiger partial charge in [-0.1, -0.05) is 32.0 Å². The third-order valence-electron chi connectivity index (χ3n) is 3.75. The molecule has 1 aliphatic rings. The number of nitrogens with zero attached hydrogens (tertiary/aromatic N) is 1. The first kappa shape index (κ1) is 13.5. The Labute approximate surface area is 109 Å². The summed E-state index contributed by atoms with van der Waals surface area (Å²) in [5.74, 6) is 0.489. The van der Waals surface area contributed by atoms with Crippen molar-refractivity contribution >= 4 is 0 Å². The third-order valence-corrected chi connectivity index (χ3v) is 3.75. The zero-order valence-electron chi connectivity index (χ0n) is 11.5. The summed E-state index contributed by atoms with van der Waals surface area (Å²) >= 11 is 0. The molecule has 0 bridgehead atoms. The van der Waals surface area contributed by atoms with E-state index in [-0.39, 0.29) is 5.82 Å². The smallest absolute Gasteiger partial charge is 0.127 e. The number of piperazine rings is 1. The van der Waals surface area contributed by atoms with Gasteiger partial charge >= 0.3 is 0 Å². The van der Waals surface area contributed by atoms with E-state index in [1.165, 1.54) is 0 Å². The maximum atomic E-state index is 13.7. The first-order valence-electron chi connectivity index (χ1n) is 6.78. The highest BCUT2D eigenvalue weighted by molar-refractivity contribution is 5.17. The zero-order chi connectivity index (χ0) is 13.1. The van der Waals surface area contributed by atoms with E-state index in [2.05, 4.69) is 31.0 Å². The quantitative estimate of drug-likeness (QED) is 0.887. The maximum Gasteiger partial charge on any atom is 0.127 e. The van der Waals surface area contributed by atoms with Gasteiger partial charge in [-0.15, -0.1) is 0 Å². The standard InChI is InChI=1S/C15H23FN2/c1-11(2)15-8-17-12(3)9-18(15)10-13-6-4-5-7-14(13)16/h4-7,11-12,15,17H,8-10H2,1-3H3. The molecule has 2 nitrogen and oxygen atoms in total. The van der Waals surface area contributed by atoms with E-state index in [4.69, 9.17) is 0 Å². The molecular weight excluding hydrogens is 227 g/mol. The highest BCUT2D eigenvalue weighted by Gasteiger charge is 2.28. The summed E-state index contributed by atoms with van der Waals surface area (Å²) in [4.78, 5) is 2.41. The van der Waals surface area contributed by atoms with Crippen LogP contribution in [0.25, 0.3) is 0 Å². The second-order valence-corrected chi connectivity index (χ2v) is 5.64. The van der Waals surface area contributed by atoms with Gasteiger partial charge in [-0.3, -0.25) is 4.90 Å². The van der Waals surface area contributed by atoms with Crippen molar-refractivity contribution < 1.29 is 4.39 Å². The van der Waals surface area contributed by atoms with Gasteiger partial charge in [0.05, 0.1) is 0 Å². The van der Waals surface area contributed by atoms with Gasteiger partial charge in [0, 0.05) is 37.3 Å². The Bertz CT molecular complexity index is 392. The molecule has 0 aromatic heterocycles. The van der Waals surface area contributed by atoms with Crippen LogP contribution in [-0.2, 0) is 6.54 Å². The van der Waals surface area contributed by atoms with Gasteiger partial charge in [-0.05, 0) is 18.9 Å². The van der Waals surface area contributed by atoms with Crippen LogP contribution in [0, 0.1) is 11.7 Å². The molecule has 2 rings (SSSR count). The number of hydrogen-bond acceptors (Lipinski definition) is 2. The Hall–Kier alpha value is -0.930. The number of nitrogens with one attached hydrogen (secondary N) is 1. The second-order valence-electron chi connectivity index (χ2n) is 5.64. The van der Waals surface area contributed by atoms with E-state index < -0.39 is 0 Å². The Morgan fingerprint density at radius 2 is 2.11 bits per heavy atom. The van der Waals surface area contributed by atoms with Crippen LogP contribution in [0.2, 0.25) is 0 Å². The van der Waals surface area contributed by atoms with Crippen molar-refractivity contribution in [2.24, 2.45) is 5.92 Å². The van der Waals surface area contributed by atoms with Crippen LogP contribution in [0.5, 0.6) is 0 Å². The van der Waals surface area contributed by atoms with Gasteiger partial charge in [0.25, 0.3) is 0 Å². The molecule has 0 aliphatic carbocycles. The summed E-state index contributed by atoms with van der Waals surface area (Å²) < 4.78 is 13.7. The molecule has 0 saturated carbocycles. The van der Waals surface area contributed by atoms with Crippen molar-refractivity contribution in [2.75, 3.05) is 13.1 Å². The van der Waals surface area contributed by atoms with Gasteiger partial charge in [0.15, 0.2) is 0 Å². The van der Waals surface area contributed by atoms with Crippen LogP contribution < -0.4 is 5.32 Å². The Kier molecular flexibility index (Phi) is 4.36. The molecular formula is C15H23FN2. The number of hydrogen-bond donors (Lipinski definition) is 1. The van der Waals surface area contributed by atoms with Crippen LogP contribution in [-0.4, -0.2) is 30.1 Å². The molecule has 0 radical (unpaired) electrons. The molecule has 3 heteroatoms. The van der Waals surface area contributed by atoms with Gasteiger partial charge < -0.3 is 5.32 Å². The van der Waals surface area contributed by atoms with E-state index >= 15 is 0 Å². The van der Waals surface area contributed by atoms with Crippen molar-refractivity contribution in [3.8, 4) is 0 Å². The summed E-state index contributed by atoms with van der Waals surface area (Å²) in [6.07, 6.45) is 0. The molecule has 1 heterocycles. The van der Waals surface area contributed by atoms with E-state index in [0.29, 0.717) is 24.5 Å². The van der Waals surface area contributed by atoms with E-state index in [1.54, 1.807) is 12.1 Å².